The van der Waals surface area contributed by atoms with Crippen LogP contribution in [0.3, 0.4) is 0 Å². The van der Waals surface area contributed by atoms with Gasteiger partial charge < -0.3 is 24.2 Å². The number of amides is 2. The van der Waals surface area contributed by atoms with E-state index < -0.39 is 12.1 Å². The van der Waals surface area contributed by atoms with Gasteiger partial charge in [-0.1, -0.05) is 24.2 Å². The molecule has 35 heavy (non-hydrogen) atoms. The van der Waals surface area contributed by atoms with Crippen molar-refractivity contribution in [1.29, 1.82) is 0 Å². The van der Waals surface area contributed by atoms with Gasteiger partial charge in [-0.3, -0.25) is 14.5 Å². The molecule has 4 heterocycles. The molecule has 2 N–H and O–H groups in total. The number of hydrogen-bond acceptors (Lipinski definition) is 9. The molecule has 0 fully saturated rings. The molecule has 0 saturated carbocycles. The predicted molar refractivity (Wildman–Crippen MR) is 127 cm³/mol. The Kier molecular flexibility index (Phi) is 7.29. The third-order valence-corrected chi connectivity index (χ3v) is 6.39. The average molecular weight is 485 g/mol. The van der Waals surface area contributed by atoms with E-state index in [9.17, 15) is 9.59 Å². The molecule has 3 aromatic rings. The van der Waals surface area contributed by atoms with Crippen LogP contribution in [0.15, 0.2) is 21.2 Å². The standard InChI is InChI=1S/C23H32N8O4/c1-6-17(22(32)24-19-10-13(3)34-28-19)31(16-8-9-21-27-26-15(5)30(21)12-16)18(7-2)23(33)25-20-11-14(4)35-29-20/h10-11,16-18H,6-9,12H2,1-5H3,(H,24,28,32)(H,25,29,33)/t16-,17-,18+/m0/s1. The monoisotopic (exact) mass is 484 g/mol. The molecule has 3 atom stereocenters. The van der Waals surface area contributed by atoms with Gasteiger partial charge in [0.1, 0.15) is 23.2 Å². The van der Waals surface area contributed by atoms with Gasteiger partial charge in [0.15, 0.2) is 11.6 Å². The van der Waals surface area contributed by atoms with Crippen molar-refractivity contribution in [3.05, 3.63) is 35.3 Å². The Balaban J connectivity index is 1.65. The summed E-state index contributed by atoms with van der Waals surface area (Å²) in [7, 11) is 0. The highest BCUT2D eigenvalue weighted by atomic mass is 16.5. The number of aryl methyl sites for hydroxylation is 4. The van der Waals surface area contributed by atoms with Crippen molar-refractivity contribution in [1.82, 2.24) is 30.0 Å². The van der Waals surface area contributed by atoms with Crippen molar-refractivity contribution in [2.24, 2.45) is 0 Å². The number of aromatic nitrogens is 5. The number of fused-ring (bicyclic) bond motifs is 1. The Labute approximate surface area is 203 Å². The molecule has 0 aromatic carbocycles. The summed E-state index contributed by atoms with van der Waals surface area (Å²) in [4.78, 5) is 29.0. The first-order chi connectivity index (χ1) is 16.8. The zero-order chi connectivity index (χ0) is 25.1. The van der Waals surface area contributed by atoms with Gasteiger partial charge >= 0.3 is 0 Å². The van der Waals surface area contributed by atoms with E-state index in [-0.39, 0.29) is 17.9 Å². The van der Waals surface area contributed by atoms with Crippen molar-refractivity contribution >= 4 is 23.5 Å². The Morgan fingerprint density at radius 1 is 1.00 bits per heavy atom. The number of anilines is 2. The molecular formula is C23H32N8O4. The lowest BCUT2D eigenvalue weighted by Gasteiger charge is -2.43. The fourth-order valence-electron chi connectivity index (χ4n) is 4.75. The summed E-state index contributed by atoms with van der Waals surface area (Å²) < 4.78 is 12.3. The SMILES string of the molecule is CC[C@H](C(=O)Nc1cc(C)on1)N([C@H]1CCc2nnc(C)n2C1)[C@@H](CC)C(=O)Nc1cc(C)on1. The van der Waals surface area contributed by atoms with Gasteiger partial charge in [0.25, 0.3) is 0 Å². The lowest BCUT2D eigenvalue weighted by molar-refractivity contribution is -0.130. The second kappa shape index (κ2) is 10.4. The van der Waals surface area contributed by atoms with Crippen LogP contribution in [-0.2, 0) is 22.6 Å². The fraction of sp³-hybridized carbons (Fsp3) is 0.565. The third kappa shape index (κ3) is 5.26. The predicted octanol–water partition coefficient (Wildman–Crippen LogP) is 2.63. The Hall–Kier alpha value is -3.54. The van der Waals surface area contributed by atoms with Gasteiger partial charge in [0.2, 0.25) is 11.8 Å². The normalized spacial score (nSPS) is 17.1. The lowest BCUT2D eigenvalue weighted by atomic mass is 9.97. The second-order valence-electron chi connectivity index (χ2n) is 8.89. The van der Waals surface area contributed by atoms with Gasteiger partial charge in [0.05, 0.1) is 12.1 Å². The summed E-state index contributed by atoms with van der Waals surface area (Å²) in [6.45, 7) is 9.90. The van der Waals surface area contributed by atoms with Crippen LogP contribution in [0.4, 0.5) is 11.6 Å². The number of hydrogen-bond donors (Lipinski definition) is 2. The number of nitrogens with zero attached hydrogens (tertiary/aromatic N) is 6. The molecule has 1 aliphatic heterocycles. The van der Waals surface area contributed by atoms with E-state index in [1.54, 1.807) is 26.0 Å². The summed E-state index contributed by atoms with van der Waals surface area (Å²) in [5, 5.41) is 22.0. The van der Waals surface area contributed by atoms with Gasteiger partial charge in [-0.05, 0) is 40.0 Å². The molecule has 0 unspecified atom stereocenters. The van der Waals surface area contributed by atoms with Gasteiger partial charge in [-0.25, -0.2) is 0 Å². The summed E-state index contributed by atoms with van der Waals surface area (Å²) in [5.41, 5.74) is 0. The lowest BCUT2D eigenvalue weighted by Crippen LogP contribution is -2.59. The molecule has 12 nitrogen and oxygen atoms in total. The van der Waals surface area contributed by atoms with E-state index in [0.29, 0.717) is 49.0 Å². The minimum absolute atomic E-state index is 0.0818. The van der Waals surface area contributed by atoms with Crippen LogP contribution in [0.25, 0.3) is 0 Å². The average Bonchev–Trinajstić information content (AvgIpc) is 3.54. The molecule has 4 rings (SSSR count). The van der Waals surface area contributed by atoms with E-state index in [4.69, 9.17) is 9.05 Å². The van der Waals surface area contributed by atoms with Crippen molar-refractivity contribution < 1.29 is 18.6 Å². The molecule has 1 aliphatic rings. The number of carbonyl (C=O) groups excluding carboxylic acids is 2. The molecule has 0 radical (unpaired) electrons. The first-order valence-corrected chi connectivity index (χ1v) is 11.9. The van der Waals surface area contributed by atoms with Crippen LogP contribution < -0.4 is 10.6 Å². The summed E-state index contributed by atoms with van der Waals surface area (Å²) in [6.07, 6.45) is 2.46. The van der Waals surface area contributed by atoms with Crippen molar-refractivity contribution in [3.8, 4) is 0 Å². The Morgan fingerprint density at radius 2 is 1.54 bits per heavy atom. The number of rotatable bonds is 9. The van der Waals surface area contributed by atoms with Crippen LogP contribution in [-0.4, -0.2) is 59.9 Å². The molecule has 188 valence electrons. The Morgan fingerprint density at radius 3 is 2.00 bits per heavy atom. The summed E-state index contributed by atoms with van der Waals surface area (Å²) in [5.74, 6) is 3.15. The van der Waals surface area contributed by atoms with E-state index in [1.807, 2.05) is 25.7 Å². The van der Waals surface area contributed by atoms with Crippen LogP contribution in [0.1, 0.15) is 56.3 Å². The summed E-state index contributed by atoms with van der Waals surface area (Å²) >= 11 is 0. The number of carbonyl (C=O) groups is 2. The van der Waals surface area contributed by atoms with Crippen molar-refractivity contribution in [3.63, 3.8) is 0 Å². The Bertz CT molecular complexity index is 1120. The first-order valence-electron chi connectivity index (χ1n) is 11.9. The molecule has 2 amide bonds. The van der Waals surface area contributed by atoms with E-state index in [1.165, 1.54) is 0 Å². The van der Waals surface area contributed by atoms with Gasteiger partial charge in [-0.2, -0.15) is 0 Å². The molecule has 0 spiro atoms. The highest BCUT2D eigenvalue weighted by molar-refractivity contribution is 5.97. The van der Waals surface area contributed by atoms with Crippen LogP contribution >= 0.6 is 0 Å². The largest absolute Gasteiger partial charge is 0.360 e. The van der Waals surface area contributed by atoms with E-state index in [2.05, 4.69) is 35.7 Å². The minimum Gasteiger partial charge on any atom is -0.360 e. The van der Waals surface area contributed by atoms with Crippen LogP contribution in [0, 0.1) is 20.8 Å². The smallest absolute Gasteiger partial charge is 0.242 e. The zero-order valence-electron chi connectivity index (χ0n) is 20.7. The second-order valence-corrected chi connectivity index (χ2v) is 8.89. The quantitative estimate of drug-likeness (QED) is 0.468. The van der Waals surface area contributed by atoms with Crippen molar-refractivity contribution in [2.75, 3.05) is 10.6 Å². The van der Waals surface area contributed by atoms with Gasteiger partial charge in [0, 0.05) is 31.1 Å². The maximum atomic E-state index is 13.5. The van der Waals surface area contributed by atoms with Gasteiger partial charge in [-0.15, -0.1) is 10.2 Å². The maximum absolute atomic E-state index is 13.5. The third-order valence-electron chi connectivity index (χ3n) is 6.39. The van der Waals surface area contributed by atoms with Crippen molar-refractivity contribution in [2.45, 2.75) is 85.0 Å². The van der Waals surface area contributed by atoms with E-state index in [0.717, 1.165) is 18.1 Å². The van der Waals surface area contributed by atoms with Crippen LogP contribution in [0.2, 0.25) is 0 Å². The molecule has 3 aromatic heterocycles. The minimum atomic E-state index is -0.579. The summed E-state index contributed by atoms with van der Waals surface area (Å²) in [6, 6.07) is 2.09. The molecule has 0 saturated heterocycles. The van der Waals surface area contributed by atoms with E-state index >= 15 is 0 Å². The first kappa shape index (κ1) is 24.6. The molecule has 0 bridgehead atoms. The number of nitrogens with one attached hydrogen (secondary N) is 2. The fourth-order valence-corrected chi connectivity index (χ4v) is 4.75. The van der Waals surface area contributed by atoms with Crippen LogP contribution in [0.5, 0.6) is 0 Å². The molecule has 0 aliphatic carbocycles. The zero-order valence-corrected chi connectivity index (χ0v) is 20.7. The molecule has 12 heteroatoms. The highest BCUT2D eigenvalue weighted by Crippen LogP contribution is 2.27. The topological polar surface area (TPSA) is 144 Å². The molecular weight excluding hydrogens is 452 g/mol. The highest BCUT2D eigenvalue weighted by Gasteiger charge is 2.40. The maximum Gasteiger partial charge on any atom is 0.242 e.